The highest BCUT2D eigenvalue weighted by molar-refractivity contribution is 7.90. The number of carbonyl (C=O) groups is 2. The van der Waals surface area contributed by atoms with Crippen LogP contribution in [0.15, 0.2) is 65.6 Å². The number of methoxy groups -OCH3 is 1. The third-order valence-electron chi connectivity index (χ3n) is 5.75. The van der Waals surface area contributed by atoms with Crippen LogP contribution in [0.3, 0.4) is 0 Å². The number of benzene rings is 3. The SMILES string of the molecule is COc1ccc2c(c1)O[C@@H](c1ccc3c(c1)OCO3)[C@H](OC(=O)NS(=O)(=O)c1ccc(C)cc1)C2=O. The van der Waals surface area contributed by atoms with Gasteiger partial charge in [0.1, 0.15) is 11.5 Å². The van der Waals surface area contributed by atoms with Crippen LogP contribution in [-0.4, -0.2) is 40.3 Å². The Kier molecular flexibility index (Phi) is 5.92. The maximum atomic E-state index is 13.4. The van der Waals surface area contributed by atoms with Crippen LogP contribution >= 0.6 is 0 Å². The van der Waals surface area contributed by atoms with E-state index >= 15 is 0 Å². The van der Waals surface area contributed by atoms with Gasteiger partial charge in [-0.1, -0.05) is 23.8 Å². The van der Waals surface area contributed by atoms with Gasteiger partial charge in [-0.25, -0.2) is 17.9 Å². The topological polar surface area (TPSA) is 126 Å². The molecule has 3 aromatic carbocycles. The van der Waals surface area contributed by atoms with E-state index in [9.17, 15) is 18.0 Å². The van der Waals surface area contributed by atoms with Gasteiger partial charge in [-0.15, -0.1) is 0 Å². The van der Waals surface area contributed by atoms with Crippen molar-refractivity contribution >= 4 is 21.9 Å². The van der Waals surface area contributed by atoms with Gasteiger partial charge in [0.05, 0.1) is 17.6 Å². The van der Waals surface area contributed by atoms with E-state index in [-0.39, 0.29) is 23.0 Å². The summed E-state index contributed by atoms with van der Waals surface area (Å²) in [6, 6.07) is 15.4. The molecule has 2 atom stereocenters. The van der Waals surface area contributed by atoms with Crippen LogP contribution in [-0.2, 0) is 14.8 Å². The summed E-state index contributed by atoms with van der Waals surface area (Å²) < 4.78 is 54.6. The fraction of sp³-hybridized carbons (Fsp3) is 0.200. The number of Topliss-reactive ketones (excluding diaryl/α,β-unsaturated/α-hetero) is 1. The Balaban J connectivity index is 1.46. The number of fused-ring (bicyclic) bond motifs is 2. The molecule has 1 N–H and O–H groups in total. The predicted molar refractivity (Wildman–Crippen MR) is 125 cm³/mol. The van der Waals surface area contributed by atoms with E-state index in [2.05, 4.69) is 0 Å². The van der Waals surface area contributed by atoms with E-state index in [0.29, 0.717) is 22.8 Å². The van der Waals surface area contributed by atoms with Gasteiger partial charge in [0.2, 0.25) is 18.7 Å². The molecule has 186 valence electrons. The minimum absolute atomic E-state index is 0.0441. The normalized spacial score (nSPS) is 18.1. The molecule has 0 unspecified atom stereocenters. The first-order valence-electron chi connectivity index (χ1n) is 10.8. The highest BCUT2D eigenvalue weighted by Crippen LogP contribution is 2.41. The number of aryl methyl sites for hydroxylation is 1. The monoisotopic (exact) mass is 511 g/mol. The third kappa shape index (κ3) is 4.40. The van der Waals surface area contributed by atoms with Gasteiger partial charge in [0.25, 0.3) is 10.0 Å². The number of amides is 1. The summed E-state index contributed by atoms with van der Waals surface area (Å²) in [5.74, 6) is 1.08. The lowest BCUT2D eigenvalue weighted by Gasteiger charge is -2.32. The van der Waals surface area contributed by atoms with Crippen molar-refractivity contribution in [1.29, 1.82) is 0 Å². The molecule has 0 saturated heterocycles. The summed E-state index contributed by atoms with van der Waals surface area (Å²) in [6.07, 6.45) is -3.90. The molecular weight excluding hydrogens is 490 g/mol. The van der Waals surface area contributed by atoms with Crippen LogP contribution in [0, 0.1) is 6.92 Å². The van der Waals surface area contributed by atoms with Crippen molar-refractivity contribution in [3.63, 3.8) is 0 Å². The molecule has 0 fully saturated rings. The van der Waals surface area contributed by atoms with Crippen molar-refractivity contribution < 1.29 is 41.7 Å². The molecule has 0 saturated carbocycles. The molecule has 2 aliphatic rings. The third-order valence-corrected chi connectivity index (χ3v) is 7.08. The number of hydrogen-bond donors (Lipinski definition) is 1. The molecule has 36 heavy (non-hydrogen) atoms. The second-order valence-corrected chi connectivity index (χ2v) is 9.80. The van der Waals surface area contributed by atoms with E-state index in [0.717, 1.165) is 5.56 Å². The zero-order chi connectivity index (χ0) is 25.4. The quantitative estimate of drug-likeness (QED) is 0.547. The molecule has 11 heteroatoms. The summed E-state index contributed by atoms with van der Waals surface area (Å²) in [5, 5.41) is 0. The van der Waals surface area contributed by atoms with Gasteiger partial charge in [0, 0.05) is 11.6 Å². The standard InChI is InChI=1S/C25H21NO9S/c1-14-3-7-17(8-4-14)36(29,30)26-25(28)35-24-22(27)18-9-6-16(31-2)12-20(18)34-23(24)15-5-10-19-21(11-15)33-13-32-19/h3-12,23-24H,13H2,1-2H3,(H,26,28)/t23-,24+/m0/s1. The van der Waals surface area contributed by atoms with Gasteiger partial charge in [-0.2, -0.15) is 0 Å². The lowest BCUT2D eigenvalue weighted by molar-refractivity contribution is 0.0106. The van der Waals surface area contributed by atoms with Crippen molar-refractivity contribution in [2.24, 2.45) is 0 Å². The molecule has 10 nitrogen and oxygen atoms in total. The number of hydrogen-bond acceptors (Lipinski definition) is 9. The minimum atomic E-state index is -4.23. The maximum Gasteiger partial charge on any atom is 0.422 e. The molecule has 5 rings (SSSR count). The second kappa shape index (κ2) is 9.08. The van der Waals surface area contributed by atoms with Crippen LogP contribution in [0.5, 0.6) is 23.0 Å². The van der Waals surface area contributed by atoms with Gasteiger partial charge < -0.3 is 23.7 Å². The molecule has 0 bridgehead atoms. The van der Waals surface area contributed by atoms with Crippen molar-refractivity contribution in [3.8, 4) is 23.0 Å². The Morgan fingerprint density at radius 3 is 2.47 bits per heavy atom. The first-order chi connectivity index (χ1) is 17.2. The van der Waals surface area contributed by atoms with Crippen LogP contribution in [0.1, 0.15) is 27.6 Å². The molecule has 1 amide bonds. The highest BCUT2D eigenvalue weighted by Gasteiger charge is 2.42. The summed E-state index contributed by atoms with van der Waals surface area (Å²) >= 11 is 0. The van der Waals surface area contributed by atoms with Crippen molar-refractivity contribution in [2.45, 2.75) is 24.0 Å². The zero-order valence-electron chi connectivity index (χ0n) is 19.2. The highest BCUT2D eigenvalue weighted by atomic mass is 32.2. The lowest BCUT2D eigenvalue weighted by Crippen LogP contribution is -2.43. The largest absolute Gasteiger partial charge is 0.497 e. The molecule has 3 aromatic rings. The number of rotatable bonds is 5. The van der Waals surface area contributed by atoms with E-state index in [1.165, 1.54) is 25.3 Å². The van der Waals surface area contributed by atoms with Crippen LogP contribution < -0.4 is 23.7 Å². The summed E-state index contributed by atoms with van der Waals surface area (Å²) in [4.78, 5) is 26.0. The van der Waals surface area contributed by atoms with E-state index in [1.807, 2.05) is 4.72 Å². The lowest BCUT2D eigenvalue weighted by atomic mass is 9.93. The number of ether oxygens (including phenoxy) is 5. The van der Waals surface area contributed by atoms with Crippen LogP contribution in [0.25, 0.3) is 0 Å². The number of nitrogens with one attached hydrogen (secondary N) is 1. The van der Waals surface area contributed by atoms with Gasteiger partial charge in [-0.05, 0) is 43.3 Å². The van der Waals surface area contributed by atoms with Crippen LogP contribution in [0.4, 0.5) is 4.79 Å². The summed E-state index contributed by atoms with van der Waals surface area (Å²) in [5.41, 5.74) is 1.47. The smallest absolute Gasteiger partial charge is 0.422 e. The fourth-order valence-electron chi connectivity index (χ4n) is 3.89. The van der Waals surface area contributed by atoms with Crippen molar-refractivity contribution in [3.05, 3.63) is 77.4 Å². The number of sulfonamides is 1. The Bertz CT molecular complexity index is 1450. The Labute approximate surface area is 206 Å². The van der Waals surface area contributed by atoms with Crippen molar-refractivity contribution in [1.82, 2.24) is 4.72 Å². The van der Waals surface area contributed by atoms with Crippen molar-refractivity contribution in [2.75, 3.05) is 13.9 Å². The maximum absolute atomic E-state index is 13.4. The first-order valence-corrected chi connectivity index (χ1v) is 12.3. The molecule has 0 aromatic heterocycles. The minimum Gasteiger partial charge on any atom is -0.497 e. The molecule has 2 aliphatic heterocycles. The predicted octanol–water partition coefficient (Wildman–Crippen LogP) is 3.53. The number of carbonyl (C=O) groups excluding carboxylic acids is 2. The Morgan fingerprint density at radius 1 is 0.972 bits per heavy atom. The summed E-state index contributed by atoms with van der Waals surface area (Å²) in [6.45, 7) is 1.85. The van der Waals surface area contributed by atoms with E-state index in [4.69, 9.17) is 23.7 Å². The second-order valence-electron chi connectivity index (χ2n) is 8.12. The fourth-order valence-corrected chi connectivity index (χ4v) is 4.77. The average Bonchev–Trinajstić information content (AvgIpc) is 3.33. The summed E-state index contributed by atoms with van der Waals surface area (Å²) in [7, 11) is -2.76. The number of ketones is 1. The van der Waals surface area contributed by atoms with Gasteiger partial charge in [0.15, 0.2) is 17.6 Å². The Hall–Kier alpha value is -4.25. The zero-order valence-corrected chi connectivity index (χ0v) is 20.0. The molecule has 0 aliphatic carbocycles. The molecule has 0 radical (unpaired) electrons. The first kappa shape index (κ1) is 23.5. The van der Waals surface area contributed by atoms with E-state index in [1.54, 1.807) is 49.4 Å². The van der Waals surface area contributed by atoms with Gasteiger partial charge in [-0.3, -0.25) is 4.79 Å². The Morgan fingerprint density at radius 2 is 1.72 bits per heavy atom. The molecule has 2 heterocycles. The molecular formula is C25H21NO9S. The van der Waals surface area contributed by atoms with Crippen LogP contribution in [0.2, 0.25) is 0 Å². The van der Waals surface area contributed by atoms with Gasteiger partial charge >= 0.3 is 6.09 Å². The van der Waals surface area contributed by atoms with E-state index < -0.39 is 34.1 Å². The molecule has 0 spiro atoms. The average molecular weight is 512 g/mol.